The van der Waals surface area contributed by atoms with Crippen molar-refractivity contribution in [2.24, 2.45) is 0 Å². The zero-order chi connectivity index (χ0) is 35.3. The summed E-state index contributed by atoms with van der Waals surface area (Å²) in [5.41, 5.74) is 10.9. The summed E-state index contributed by atoms with van der Waals surface area (Å²) in [5.74, 6) is 0. The summed E-state index contributed by atoms with van der Waals surface area (Å²) in [6, 6.07) is 56.6. The summed E-state index contributed by atoms with van der Waals surface area (Å²) in [5, 5.41) is 3.76. The van der Waals surface area contributed by atoms with Gasteiger partial charge in [-0.2, -0.15) is 0 Å². The maximum Gasteiger partial charge on any atom is 0.133 e. The van der Waals surface area contributed by atoms with Crippen molar-refractivity contribution in [3.63, 3.8) is 0 Å². The van der Waals surface area contributed by atoms with E-state index in [0.29, 0.717) is 0 Å². The topological polar surface area (TPSA) is 19.9 Å². The van der Waals surface area contributed by atoms with Crippen LogP contribution in [0.25, 0.3) is 0 Å². The first-order chi connectivity index (χ1) is 24.9. The van der Waals surface area contributed by atoms with Crippen molar-refractivity contribution in [3.05, 3.63) is 213 Å². The minimum Gasteiger partial charge on any atom is -0.347 e. The molecule has 4 heteroatoms. The van der Waals surface area contributed by atoms with Crippen LogP contribution in [0.15, 0.2) is 169 Å². The molecule has 0 saturated carbocycles. The van der Waals surface area contributed by atoms with Crippen molar-refractivity contribution >= 4 is 34.6 Å². The van der Waals surface area contributed by atoms with Gasteiger partial charge in [0.15, 0.2) is 0 Å². The number of benzene rings is 6. The van der Waals surface area contributed by atoms with Crippen LogP contribution in [0.1, 0.15) is 39.8 Å². The van der Waals surface area contributed by atoms with Gasteiger partial charge in [0, 0.05) is 50.9 Å². The lowest BCUT2D eigenvalue weighted by molar-refractivity contribution is -0.540. The van der Waals surface area contributed by atoms with Crippen molar-refractivity contribution in [2.45, 2.75) is 42.9 Å². The zero-order valence-corrected chi connectivity index (χ0v) is 30.9. The molecule has 256 valence electrons. The van der Waals surface area contributed by atoms with Crippen molar-refractivity contribution in [2.75, 3.05) is 19.0 Å². The average molecular weight is 709 g/mol. The van der Waals surface area contributed by atoms with E-state index in [2.05, 4.69) is 176 Å². The highest BCUT2D eigenvalue weighted by atomic mass is 35.5. The number of allylic oxidation sites excluding steroid dienone is 2. The third kappa shape index (κ3) is 7.41. The Labute approximate surface area is 313 Å². The molecule has 0 bridgehead atoms. The molecule has 51 heavy (non-hydrogen) atoms. The fourth-order valence-corrected chi connectivity index (χ4v) is 8.78. The number of likely N-dealkylation sites (N-methyl/N-ethyl adjacent to an activating group) is 1. The normalized spacial score (nSPS) is 14.5. The second-order valence-electron chi connectivity index (χ2n) is 14.0. The Balaban J connectivity index is 1.47. The highest BCUT2D eigenvalue weighted by Crippen LogP contribution is 2.53. The summed E-state index contributed by atoms with van der Waals surface area (Å²) in [6.45, 7) is 0. The lowest BCUT2D eigenvalue weighted by Crippen LogP contribution is -2.73. The predicted molar refractivity (Wildman–Crippen MR) is 215 cm³/mol. The molecule has 0 radical (unpaired) electrons. The smallest absolute Gasteiger partial charge is 0.133 e. The summed E-state index contributed by atoms with van der Waals surface area (Å²) in [7, 11) is 4.37. The summed E-state index contributed by atoms with van der Waals surface area (Å²) >= 11 is 13.7. The van der Waals surface area contributed by atoms with E-state index in [0.717, 1.165) is 42.1 Å². The van der Waals surface area contributed by atoms with Gasteiger partial charge in [-0.25, -0.2) is 0 Å². The van der Waals surface area contributed by atoms with Crippen molar-refractivity contribution in [1.29, 1.82) is 0 Å². The number of rotatable bonds is 12. The molecular formula is C47H45Cl2N2+. The highest BCUT2D eigenvalue weighted by Gasteiger charge is 2.47. The number of nitrogens with zero attached hydrogens (tertiary/aromatic N) is 1. The van der Waals surface area contributed by atoms with Crippen molar-refractivity contribution in [1.82, 2.24) is 0 Å². The van der Waals surface area contributed by atoms with Gasteiger partial charge in [-0.1, -0.05) is 151 Å². The molecule has 1 aliphatic rings. The highest BCUT2D eigenvalue weighted by molar-refractivity contribution is 6.31. The molecule has 0 aliphatic carbocycles. The van der Waals surface area contributed by atoms with Gasteiger partial charge in [0.1, 0.15) is 5.69 Å². The Hall–Kier alpha value is -4.60. The molecule has 0 saturated heterocycles. The second kappa shape index (κ2) is 15.3. The van der Waals surface area contributed by atoms with E-state index in [1.165, 1.54) is 50.5 Å². The SMILES string of the molecule is C[NH2+]c1ccc(Cl)cc1C(C/C=C1/N(C)c2ccc(Cl)cc2C1(Cc1ccccc1)Cc1ccccc1)(Cc1ccccc1)Cc1ccccc1. The molecule has 2 nitrogen and oxygen atoms in total. The average Bonchev–Trinajstić information content (AvgIpc) is 3.37. The Bertz CT molecular complexity index is 2010. The maximum atomic E-state index is 6.89. The van der Waals surface area contributed by atoms with Crippen LogP contribution in [-0.2, 0) is 36.5 Å². The molecule has 0 aromatic heterocycles. The first-order valence-electron chi connectivity index (χ1n) is 17.9. The Morgan fingerprint density at radius 2 is 1.08 bits per heavy atom. The molecule has 7 rings (SSSR count). The van der Waals surface area contributed by atoms with Crippen LogP contribution >= 0.6 is 23.2 Å². The molecule has 0 amide bonds. The van der Waals surface area contributed by atoms with Gasteiger partial charge >= 0.3 is 0 Å². The molecule has 6 aromatic rings. The summed E-state index contributed by atoms with van der Waals surface area (Å²) in [6.07, 6.45) is 6.79. The van der Waals surface area contributed by atoms with Crippen LogP contribution in [0.3, 0.4) is 0 Å². The van der Waals surface area contributed by atoms with Gasteiger partial charge in [0.05, 0.1) is 7.05 Å². The Morgan fingerprint density at radius 1 is 0.608 bits per heavy atom. The van der Waals surface area contributed by atoms with E-state index >= 15 is 0 Å². The van der Waals surface area contributed by atoms with E-state index in [1.807, 2.05) is 12.1 Å². The number of quaternary nitrogens is 1. The lowest BCUT2D eigenvalue weighted by Gasteiger charge is -2.38. The van der Waals surface area contributed by atoms with Gasteiger partial charge in [-0.15, -0.1) is 0 Å². The monoisotopic (exact) mass is 707 g/mol. The van der Waals surface area contributed by atoms with Gasteiger partial charge in [0.25, 0.3) is 0 Å². The molecule has 6 aromatic carbocycles. The minimum atomic E-state index is -0.350. The number of anilines is 1. The predicted octanol–water partition coefficient (Wildman–Crippen LogP) is 10.7. The molecule has 1 aliphatic heterocycles. The molecule has 0 atom stereocenters. The molecule has 2 N–H and O–H groups in total. The fourth-order valence-electron chi connectivity index (χ4n) is 8.44. The zero-order valence-electron chi connectivity index (χ0n) is 29.4. The van der Waals surface area contributed by atoms with Crippen LogP contribution in [0.5, 0.6) is 0 Å². The summed E-state index contributed by atoms with van der Waals surface area (Å²) < 4.78 is 0. The maximum absolute atomic E-state index is 6.89. The van der Waals surface area contributed by atoms with Crippen molar-refractivity contribution < 1.29 is 5.32 Å². The van der Waals surface area contributed by atoms with E-state index in [9.17, 15) is 0 Å². The lowest BCUT2D eigenvalue weighted by atomic mass is 9.66. The quantitative estimate of drug-likeness (QED) is 0.126. The minimum absolute atomic E-state index is 0.305. The number of nitrogens with two attached hydrogens (primary N) is 1. The molecule has 0 unspecified atom stereocenters. The molecular weight excluding hydrogens is 663 g/mol. The van der Waals surface area contributed by atoms with Crippen LogP contribution in [0.4, 0.5) is 11.4 Å². The van der Waals surface area contributed by atoms with E-state index in [4.69, 9.17) is 23.2 Å². The Kier molecular flexibility index (Phi) is 10.5. The standard InChI is InChI=1S/C47H44Cl2N2/c1-50-43-25-23-39(48)29-41(43)46(31-35-15-7-3-8-16-35,32-36-17-9-4-10-18-36)28-27-45-47(33-37-19-11-5-12-20-37,34-38-21-13-6-14-22-38)42-30-40(49)24-26-44(42)51(45)2/h3-27,29-30,50H,28,31-34H2,1-2H3/p+1/b45-27+. The number of hydrogen-bond acceptors (Lipinski definition) is 1. The number of hydrogen-bond donors (Lipinski definition) is 1. The fraction of sp³-hybridized carbons (Fsp3) is 0.191. The van der Waals surface area contributed by atoms with E-state index in [-0.39, 0.29) is 10.8 Å². The first-order valence-corrected chi connectivity index (χ1v) is 18.6. The third-order valence-corrected chi connectivity index (χ3v) is 11.2. The summed E-state index contributed by atoms with van der Waals surface area (Å²) in [4.78, 5) is 2.43. The van der Waals surface area contributed by atoms with Crippen LogP contribution in [0, 0.1) is 0 Å². The largest absolute Gasteiger partial charge is 0.347 e. The van der Waals surface area contributed by atoms with Gasteiger partial charge < -0.3 is 10.2 Å². The molecule has 1 heterocycles. The van der Waals surface area contributed by atoms with E-state index in [1.54, 1.807) is 0 Å². The first kappa shape index (κ1) is 34.8. The van der Waals surface area contributed by atoms with Crippen LogP contribution in [-0.4, -0.2) is 14.1 Å². The molecule has 0 fully saturated rings. The second-order valence-corrected chi connectivity index (χ2v) is 14.9. The van der Waals surface area contributed by atoms with Crippen LogP contribution in [0.2, 0.25) is 10.0 Å². The number of fused-ring (bicyclic) bond motifs is 1. The van der Waals surface area contributed by atoms with Gasteiger partial charge in [-0.05, 0) is 90.3 Å². The van der Waals surface area contributed by atoms with Gasteiger partial charge in [-0.3, -0.25) is 0 Å². The number of halogens is 2. The van der Waals surface area contributed by atoms with Gasteiger partial charge in [0.2, 0.25) is 0 Å². The van der Waals surface area contributed by atoms with Crippen LogP contribution < -0.4 is 10.2 Å². The Morgan fingerprint density at radius 3 is 1.59 bits per heavy atom. The van der Waals surface area contributed by atoms with E-state index < -0.39 is 0 Å². The third-order valence-electron chi connectivity index (χ3n) is 10.7. The van der Waals surface area contributed by atoms with Crippen molar-refractivity contribution in [3.8, 4) is 0 Å². The molecule has 0 spiro atoms.